The zero-order chi connectivity index (χ0) is 12.3. The molecular weight excluding hydrogens is 210 g/mol. The normalized spacial score (nSPS) is 11.5. The minimum absolute atomic E-state index is 0.219. The summed E-state index contributed by atoms with van der Waals surface area (Å²) >= 11 is 0. The lowest BCUT2D eigenvalue weighted by Gasteiger charge is -2.19. The molecule has 0 atom stereocenters. The summed E-state index contributed by atoms with van der Waals surface area (Å²) in [4.78, 5) is 0. The summed E-state index contributed by atoms with van der Waals surface area (Å²) in [5.74, 6) is 0. The summed E-state index contributed by atoms with van der Waals surface area (Å²) < 4.78 is 0. The molecule has 3 heteroatoms. The molecule has 0 bridgehead atoms. The van der Waals surface area contributed by atoms with Crippen molar-refractivity contribution in [3.05, 3.63) is 47.8 Å². The molecule has 17 heavy (non-hydrogen) atoms. The van der Waals surface area contributed by atoms with Gasteiger partial charge in [-0.3, -0.25) is 5.10 Å². The topological polar surface area (TPSA) is 40.7 Å². The van der Waals surface area contributed by atoms with Gasteiger partial charge in [0.2, 0.25) is 0 Å². The Morgan fingerprint density at radius 3 is 2.41 bits per heavy atom. The van der Waals surface area contributed by atoms with Crippen LogP contribution in [0.3, 0.4) is 0 Å². The molecule has 0 radical (unpaired) electrons. The van der Waals surface area contributed by atoms with Crippen molar-refractivity contribution in [1.82, 2.24) is 10.2 Å². The molecule has 1 heterocycles. The van der Waals surface area contributed by atoms with Crippen LogP contribution in [0.1, 0.15) is 31.9 Å². The van der Waals surface area contributed by atoms with Gasteiger partial charge in [-0.15, -0.1) is 0 Å². The van der Waals surface area contributed by atoms with Crippen LogP contribution in [0.15, 0.2) is 36.7 Å². The zero-order valence-corrected chi connectivity index (χ0v) is 10.6. The second-order valence-corrected chi connectivity index (χ2v) is 5.29. The summed E-state index contributed by atoms with van der Waals surface area (Å²) in [6.07, 6.45) is 3.63. The summed E-state index contributed by atoms with van der Waals surface area (Å²) in [6, 6.07) is 8.75. The average Bonchev–Trinajstić information content (AvgIpc) is 2.78. The summed E-state index contributed by atoms with van der Waals surface area (Å²) in [5.41, 5.74) is 3.88. The first-order chi connectivity index (χ1) is 8.05. The maximum absolute atomic E-state index is 3.89. The standard InChI is InChI=1S/C14H19N3/c1-14(2,3)12-6-4-11(5-7-12)8-15-13-9-16-17-10-13/h4-7,9-10,15H,8H2,1-3H3,(H,16,17). The maximum Gasteiger partial charge on any atom is 0.0726 e. The molecule has 0 aliphatic rings. The largest absolute Gasteiger partial charge is 0.378 e. The van der Waals surface area contributed by atoms with Gasteiger partial charge < -0.3 is 5.32 Å². The lowest BCUT2D eigenvalue weighted by atomic mass is 9.87. The third kappa shape index (κ3) is 3.09. The number of aromatic nitrogens is 2. The Kier molecular flexibility index (Phi) is 3.18. The van der Waals surface area contributed by atoms with Crippen molar-refractivity contribution in [3.63, 3.8) is 0 Å². The Bertz CT molecular complexity index is 449. The van der Waals surface area contributed by atoms with E-state index in [1.165, 1.54) is 11.1 Å². The summed E-state index contributed by atoms with van der Waals surface area (Å²) in [5, 5.41) is 9.98. The van der Waals surface area contributed by atoms with Crippen LogP contribution in [0, 0.1) is 0 Å². The molecule has 90 valence electrons. The third-order valence-corrected chi connectivity index (χ3v) is 2.81. The number of rotatable bonds is 3. The van der Waals surface area contributed by atoms with Crippen LogP contribution in [0.25, 0.3) is 0 Å². The molecule has 2 aromatic rings. The van der Waals surface area contributed by atoms with Crippen molar-refractivity contribution >= 4 is 5.69 Å². The number of benzene rings is 1. The highest BCUT2D eigenvalue weighted by Crippen LogP contribution is 2.22. The van der Waals surface area contributed by atoms with E-state index < -0.39 is 0 Å². The highest BCUT2D eigenvalue weighted by molar-refractivity contribution is 5.39. The molecule has 2 rings (SSSR count). The first-order valence-corrected chi connectivity index (χ1v) is 5.88. The van der Waals surface area contributed by atoms with Gasteiger partial charge in [0.15, 0.2) is 0 Å². The van der Waals surface area contributed by atoms with Gasteiger partial charge in [0.05, 0.1) is 11.9 Å². The van der Waals surface area contributed by atoms with E-state index in [4.69, 9.17) is 0 Å². The van der Waals surface area contributed by atoms with E-state index in [0.29, 0.717) is 0 Å². The molecule has 0 amide bonds. The quantitative estimate of drug-likeness (QED) is 0.847. The van der Waals surface area contributed by atoms with Crippen molar-refractivity contribution in [1.29, 1.82) is 0 Å². The van der Waals surface area contributed by atoms with Gasteiger partial charge in [0, 0.05) is 12.7 Å². The Labute approximate surface area is 102 Å². The molecule has 0 saturated heterocycles. The molecule has 0 unspecified atom stereocenters. The predicted molar refractivity (Wildman–Crippen MR) is 71.1 cm³/mol. The summed E-state index contributed by atoms with van der Waals surface area (Å²) in [6.45, 7) is 7.51. The van der Waals surface area contributed by atoms with Crippen molar-refractivity contribution in [2.45, 2.75) is 32.7 Å². The smallest absolute Gasteiger partial charge is 0.0726 e. The van der Waals surface area contributed by atoms with Crippen LogP contribution in [-0.4, -0.2) is 10.2 Å². The minimum Gasteiger partial charge on any atom is -0.378 e. The first kappa shape index (κ1) is 11.7. The van der Waals surface area contributed by atoms with Gasteiger partial charge in [0.25, 0.3) is 0 Å². The Morgan fingerprint density at radius 1 is 1.18 bits per heavy atom. The number of nitrogens with zero attached hydrogens (tertiary/aromatic N) is 1. The number of hydrogen-bond donors (Lipinski definition) is 2. The van der Waals surface area contributed by atoms with Crippen molar-refractivity contribution < 1.29 is 0 Å². The van der Waals surface area contributed by atoms with Gasteiger partial charge in [-0.2, -0.15) is 5.10 Å². The van der Waals surface area contributed by atoms with Crippen LogP contribution in [0.5, 0.6) is 0 Å². The van der Waals surface area contributed by atoms with E-state index in [0.717, 1.165) is 12.2 Å². The van der Waals surface area contributed by atoms with E-state index in [9.17, 15) is 0 Å². The van der Waals surface area contributed by atoms with Crippen molar-refractivity contribution in [2.24, 2.45) is 0 Å². The van der Waals surface area contributed by atoms with Crippen LogP contribution >= 0.6 is 0 Å². The van der Waals surface area contributed by atoms with Crippen molar-refractivity contribution in [3.8, 4) is 0 Å². The van der Waals surface area contributed by atoms with Crippen LogP contribution < -0.4 is 5.32 Å². The van der Waals surface area contributed by atoms with E-state index in [1.807, 2.05) is 6.20 Å². The van der Waals surface area contributed by atoms with E-state index in [2.05, 4.69) is 60.6 Å². The second-order valence-electron chi connectivity index (χ2n) is 5.29. The van der Waals surface area contributed by atoms with Gasteiger partial charge in [-0.05, 0) is 16.5 Å². The van der Waals surface area contributed by atoms with Crippen molar-refractivity contribution in [2.75, 3.05) is 5.32 Å². The van der Waals surface area contributed by atoms with Gasteiger partial charge in [-0.1, -0.05) is 45.0 Å². The lowest BCUT2D eigenvalue weighted by molar-refractivity contribution is 0.590. The second kappa shape index (κ2) is 4.62. The Hall–Kier alpha value is -1.77. The SMILES string of the molecule is CC(C)(C)c1ccc(CNc2cn[nH]c2)cc1. The molecule has 1 aromatic heterocycles. The number of hydrogen-bond acceptors (Lipinski definition) is 2. The number of nitrogens with one attached hydrogen (secondary N) is 2. The van der Waals surface area contributed by atoms with Gasteiger partial charge in [-0.25, -0.2) is 0 Å². The molecule has 3 nitrogen and oxygen atoms in total. The highest BCUT2D eigenvalue weighted by Gasteiger charge is 2.12. The Morgan fingerprint density at radius 2 is 1.88 bits per heavy atom. The fourth-order valence-corrected chi connectivity index (χ4v) is 1.67. The van der Waals surface area contributed by atoms with Crippen LogP contribution in [0.2, 0.25) is 0 Å². The van der Waals surface area contributed by atoms with E-state index >= 15 is 0 Å². The molecule has 2 N–H and O–H groups in total. The fourth-order valence-electron chi connectivity index (χ4n) is 1.67. The van der Waals surface area contributed by atoms with Crippen LogP contribution in [-0.2, 0) is 12.0 Å². The molecule has 1 aromatic carbocycles. The third-order valence-electron chi connectivity index (χ3n) is 2.81. The molecule has 0 aliphatic heterocycles. The van der Waals surface area contributed by atoms with E-state index in [-0.39, 0.29) is 5.41 Å². The van der Waals surface area contributed by atoms with Gasteiger partial charge >= 0.3 is 0 Å². The van der Waals surface area contributed by atoms with E-state index in [1.54, 1.807) is 6.20 Å². The lowest BCUT2D eigenvalue weighted by Crippen LogP contribution is -2.11. The molecule has 0 spiro atoms. The Balaban J connectivity index is 1.99. The molecule has 0 saturated carbocycles. The number of aromatic amines is 1. The summed E-state index contributed by atoms with van der Waals surface area (Å²) in [7, 11) is 0. The average molecular weight is 229 g/mol. The minimum atomic E-state index is 0.219. The predicted octanol–water partition coefficient (Wildman–Crippen LogP) is 3.32. The maximum atomic E-state index is 3.89. The molecular formula is C14H19N3. The zero-order valence-electron chi connectivity index (χ0n) is 10.6. The molecule has 0 aliphatic carbocycles. The number of H-pyrrole nitrogens is 1. The monoisotopic (exact) mass is 229 g/mol. The fraction of sp³-hybridized carbons (Fsp3) is 0.357. The molecule has 0 fully saturated rings. The highest BCUT2D eigenvalue weighted by atomic mass is 15.1. The number of anilines is 1. The van der Waals surface area contributed by atoms with Crippen LogP contribution in [0.4, 0.5) is 5.69 Å². The van der Waals surface area contributed by atoms with Gasteiger partial charge in [0.1, 0.15) is 0 Å². The first-order valence-electron chi connectivity index (χ1n) is 5.88.